The van der Waals surface area contributed by atoms with Crippen LogP contribution in [0.3, 0.4) is 0 Å². The molecular weight excluding hydrogens is 344 g/mol. The molecule has 1 heterocycles. The maximum absolute atomic E-state index is 12.7. The third-order valence-electron chi connectivity index (χ3n) is 3.79. The summed E-state index contributed by atoms with van der Waals surface area (Å²) in [4.78, 5) is 30.2. The Labute approximate surface area is 159 Å². The van der Waals surface area contributed by atoms with E-state index in [1.54, 1.807) is 31.2 Å². The first-order valence-electron chi connectivity index (χ1n) is 8.79. The van der Waals surface area contributed by atoms with Crippen LogP contribution in [-0.2, 0) is 20.9 Å². The zero-order chi connectivity index (χ0) is 19.5. The first-order valence-corrected chi connectivity index (χ1v) is 8.79. The van der Waals surface area contributed by atoms with Gasteiger partial charge < -0.3 is 14.4 Å². The first kappa shape index (κ1) is 20.2. The van der Waals surface area contributed by atoms with E-state index in [2.05, 4.69) is 4.98 Å². The summed E-state index contributed by atoms with van der Waals surface area (Å²) in [6, 6.07) is 12.9. The summed E-state index contributed by atoms with van der Waals surface area (Å²) in [5.74, 6) is 0.193. The maximum atomic E-state index is 12.7. The van der Waals surface area contributed by atoms with Crippen LogP contribution >= 0.6 is 0 Å². The van der Waals surface area contributed by atoms with Crippen LogP contribution in [0.2, 0.25) is 0 Å². The second-order valence-electron chi connectivity index (χ2n) is 5.75. The smallest absolute Gasteiger partial charge is 0.307 e. The molecule has 1 aromatic heterocycles. The fraction of sp³-hybridized carbons (Fsp3) is 0.286. The lowest BCUT2D eigenvalue weighted by Gasteiger charge is -2.20. The standard InChI is InChI=1S/C21H24N2O4/c1-3-27-21(25)12-14-23(16-18-8-4-5-13-22-18)20(24)11-10-17-7-6-9-19(15-17)26-2/h4-11,13,15H,3,12,14,16H2,1-2H3/b11-10+. The van der Waals surface area contributed by atoms with Crippen LogP contribution in [-0.4, -0.2) is 42.0 Å². The number of ether oxygens (including phenoxy) is 2. The molecule has 0 radical (unpaired) electrons. The van der Waals surface area contributed by atoms with Gasteiger partial charge in [0.05, 0.1) is 32.4 Å². The monoisotopic (exact) mass is 368 g/mol. The molecule has 142 valence electrons. The minimum atomic E-state index is -0.326. The molecule has 0 saturated carbocycles. The molecule has 6 heteroatoms. The van der Waals surface area contributed by atoms with Gasteiger partial charge in [-0.15, -0.1) is 0 Å². The zero-order valence-corrected chi connectivity index (χ0v) is 15.6. The van der Waals surface area contributed by atoms with Crippen LogP contribution in [0.25, 0.3) is 6.08 Å². The molecule has 2 aromatic rings. The van der Waals surface area contributed by atoms with Gasteiger partial charge in [0.1, 0.15) is 5.75 Å². The highest BCUT2D eigenvalue weighted by molar-refractivity contribution is 5.92. The second-order valence-corrected chi connectivity index (χ2v) is 5.75. The lowest BCUT2D eigenvalue weighted by molar-refractivity contribution is -0.143. The highest BCUT2D eigenvalue weighted by Gasteiger charge is 2.14. The quantitative estimate of drug-likeness (QED) is 0.503. The van der Waals surface area contributed by atoms with Crippen LogP contribution in [0.4, 0.5) is 0 Å². The van der Waals surface area contributed by atoms with Gasteiger partial charge in [-0.1, -0.05) is 18.2 Å². The molecule has 6 nitrogen and oxygen atoms in total. The maximum Gasteiger partial charge on any atom is 0.307 e. The van der Waals surface area contributed by atoms with Gasteiger partial charge in [-0.3, -0.25) is 14.6 Å². The fourth-order valence-electron chi connectivity index (χ4n) is 2.43. The number of methoxy groups -OCH3 is 1. The zero-order valence-electron chi connectivity index (χ0n) is 15.6. The average molecular weight is 368 g/mol. The Bertz CT molecular complexity index is 775. The first-order chi connectivity index (χ1) is 13.1. The lowest BCUT2D eigenvalue weighted by Crippen LogP contribution is -2.31. The van der Waals surface area contributed by atoms with Gasteiger partial charge in [0.2, 0.25) is 5.91 Å². The number of nitrogens with zero attached hydrogens (tertiary/aromatic N) is 2. The number of carbonyl (C=O) groups is 2. The van der Waals surface area contributed by atoms with Crippen molar-refractivity contribution in [1.29, 1.82) is 0 Å². The minimum absolute atomic E-state index is 0.138. The lowest BCUT2D eigenvalue weighted by atomic mass is 10.2. The van der Waals surface area contributed by atoms with Crippen LogP contribution in [0.15, 0.2) is 54.7 Å². The Kier molecular flexibility index (Phi) is 8.03. The number of aromatic nitrogens is 1. The molecule has 27 heavy (non-hydrogen) atoms. The number of amides is 1. The molecule has 1 aromatic carbocycles. The van der Waals surface area contributed by atoms with Crippen molar-refractivity contribution in [2.75, 3.05) is 20.3 Å². The van der Waals surface area contributed by atoms with E-state index in [4.69, 9.17) is 9.47 Å². The number of hydrogen-bond donors (Lipinski definition) is 0. The third kappa shape index (κ3) is 6.93. The van der Waals surface area contributed by atoms with E-state index >= 15 is 0 Å². The molecule has 1 amide bonds. The molecule has 2 rings (SSSR count). The van der Waals surface area contributed by atoms with Gasteiger partial charge in [-0.2, -0.15) is 0 Å². The molecule has 0 aliphatic carbocycles. The summed E-state index contributed by atoms with van der Waals surface area (Å²) in [6.45, 7) is 2.66. The molecule has 0 N–H and O–H groups in total. The molecule has 0 aliphatic rings. The van der Waals surface area contributed by atoms with Crippen molar-refractivity contribution >= 4 is 18.0 Å². The van der Waals surface area contributed by atoms with Crippen molar-refractivity contribution in [2.45, 2.75) is 19.9 Å². The van der Waals surface area contributed by atoms with Gasteiger partial charge in [0, 0.05) is 18.8 Å². The Balaban J connectivity index is 2.08. The van der Waals surface area contributed by atoms with Crippen molar-refractivity contribution in [2.24, 2.45) is 0 Å². The summed E-state index contributed by atoms with van der Waals surface area (Å²) >= 11 is 0. The summed E-state index contributed by atoms with van der Waals surface area (Å²) in [5.41, 5.74) is 1.61. The highest BCUT2D eigenvalue weighted by atomic mass is 16.5. The second kappa shape index (κ2) is 10.8. The molecule has 0 saturated heterocycles. The van der Waals surface area contributed by atoms with Gasteiger partial charge in [-0.05, 0) is 42.8 Å². The van der Waals surface area contributed by atoms with Gasteiger partial charge >= 0.3 is 5.97 Å². The number of hydrogen-bond acceptors (Lipinski definition) is 5. The van der Waals surface area contributed by atoms with Crippen LogP contribution < -0.4 is 4.74 Å². The molecular formula is C21H24N2O4. The summed E-state index contributed by atoms with van der Waals surface area (Å²) in [7, 11) is 1.60. The molecule has 0 unspecified atom stereocenters. The summed E-state index contributed by atoms with van der Waals surface area (Å²) in [6.07, 6.45) is 5.03. The topological polar surface area (TPSA) is 68.7 Å². The van der Waals surface area contributed by atoms with Crippen molar-refractivity contribution in [3.05, 3.63) is 66.0 Å². The minimum Gasteiger partial charge on any atom is -0.497 e. The van der Waals surface area contributed by atoms with E-state index in [1.165, 1.54) is 6.08 Å². The van der Waals surface area contributed by atoms with Gasteiger partial charge in [-0.25, -0.2) is 0 Å². The van der Waals surface area contributed by atoms with Crippen molar-refractivity contribution < 1.29 is 19.1 Å². The average Bonchev–Trinajstić information content (AvgIpc) is 2.70. The molecule has 0 aliphatic heterocycles. The van der Waals surface area contributed by atoms with Crippen molar-refractivity contribution in [3.8, 4) is 5.75 Å². The molecule has 0 atom stereocenters. The predicted molar refractivity (Wildman–Crippen MR) is 103 cm³/mol. The number of carbonyl (C=O) groups excluding carboxylic acids is 2. The molecule has 0 bridgehead atoms. The molecule has 0 fully saturated rings. The van der Waals surface area contributed by atoms with E-state index < -0.39 is 0 Å². The van der Waals surface area contributed by atoms with Crippen LogP contribution in [0, 0.1) is 0 Å². The van der Waals surface area contributed by atoms with Gasteiger partial charge in [0.15, 0.2) is 0 Å². The highest BCUT2D eigenvalue weighted by Crippen LogP contribution is 2.14. The van der Waals surface area contributed by atoms with Crippen LogP contribution in [0.5, 0.6) is 5.75 Å². The van der Waals surface area contributed by atoms with E-state index in [-0.39, 0.29) is 24.8 Å². The number of benzene rings is 1. The van der Waals surface area contributed by atoms with Crippen molar-refractivity contribution in [1.82, 2.24) is 9.88 Å². The Hall–Kier alpha value is -3.15. The number of pyridine rings is 1. The predicted octanol–water partition coefficient (Wildman–Crippen LogP) is 3.09. The van der Waals surface area contributed by atoms with E-state index in [0.717, 1.165) is 17.0 Å². The largest absolute Gasteiger partial charge is 0.497 e. The van der Waals surface area contributed by atoms with Crippen molar-refractivity contribution in [3.63, 3.8) is 0 Å². The number of rotatable bonds is 9. The van der Waals surface area contributed by atoms with E-state index in [0.29, 0.717) is 13.2 Å². The fourth-order valence-corrected chi connectivity index (χ4v) is 2.43. The SMILES string of the molecule is CCOC(=O)CCN(Cc1ccccn1)C(=O)/C=C/c1cccc(OC)c1. The normalized spacial score (nSPS) is 10.6. The van der Waals surface area contributed by atoms with E-state index in [9.17, 15) is 9.59 Å². The Morgan fingerprint density at radius 2 is 2.04 bits per heavy atom. The Morgan fingerprint density at radius 3 is 2.74 bits per heavy atom. The van der Waals surface area contributed by atoms with Gasteiger partial charge in [0.25, 0.3) is 0 Å². The third-order valence-corrected chi connectivity index (χ3v) is 3.79. The van der Waals surface area contributed by atoms with Crippen LogP contribution in [0.1, 0.15) is 24.6 Å². The molecule has 0 spiro atoms. The summed E-state index contributed by atoms with van der Waals surface area (Å²) in [5, 5.41) is 0. The Morgan fingerprint density at radius 1 is 1.19 bits per heavy atom. The number of esters is 1. The van der Waals surface area contributed by atoms with E-state index in [1.807, 2.05) is 42.5 Å². The summed E-state index contributed by atoms with van der Waals surface area (Å²) < 4.78 is 10.1.